The van der Waals surface area contributed by atoms with Crippen molar-refractivity contribution in [1.29, 1.82) is 0 Å². The zero-order valence-electron chi connectivity index (χ0n) is 18.5. The number of hydrogen-bond acceptors (Lipinski definition) is 2. The standard InChI is InChI=1S/C28H31FN2/c1-3-4-5-6-7-11-23-13-16-25(17-14-23)27-18-15-24(19-28(27)29)20-30-31-21-26-12-9-8-10-22(26)2/h8-10,12-21H,3-7,11H2,1-2H3. The van der Waals surface area contributed by atoms with E-state index in [4.69, 9.17) is 0 Å². The molecule has 3 heteroatoms. The van der Waals surface area contributed by atoms with Crippen molar-refractivity contribution in [2.45, 2.75) is 52.4 Å². The summed E-state index contributed by atoms with van der Waals surface area (Å²) in [6.07, 6.45) is 10.8. The highest BCUT2D eigenvalue weighted by molar-refractivity contribution is 5.84. The molecule has 0 spiro atoms. The van der Waals surface area contributed by atoms with E-state index in [1.807, 2.05) is 55.5 Å². The van der Waals surface area contributed by atoms with Crippen LogP contribution in [-0.2, 0) is 6.42 Å². The molecule has 0 saturated carbocycles. The molecule has 0 radical (unpaired) electrons. The van der Waals surface area contributed by atoms with Crippen molar-refractivity contribution in [1.82, 2.24) is 0 Å². The van der Waals surface area contributed by atoms with E-state index in [1.54, 1.807) is 12.4 Å². The van der Waals surface area contributed by atoms with Gasteiger partial charge in [-0.15, -0.1) is 0 Å². The minimum Gasteiger partial charge on any atom is -0.206 e. The third-order valence-electron chi connectivity index (χ3n) is 5.49. The Hall–Kier alpha value is -3.07. The van der Waals surface area contributed by atoms with Gasteiger partial charge in [-0.2, -0.15) is 10.2 Å². The fourth-order valence-electron chi connectivity index (χ4n) is 3.56. The third kappa shape index (κ3) is 6.99. The molecular weight excluding hydrogens is 383 g/mol. The van der Waals surface area contributed by atoms with Gasteiger partial charge < -0.3 is 0 Å². The minimum atomic E-state index is -0.251. The Bertz CT molecular complexity index is 1020. The Balaban J connectivity index is 1.59. The monoisotopic (exact) mass is 414 g/mol. The normalized spacial score (nSPS) is 11.6. The van der Waals surface area contributed by atoms with Gasteiger partial charge in [-0.05, 0) is 53.6 Å². The molecule has 2 nitrogen and oxygen atoms in total. The van der Waals surface area contributed by atoms with Crippen LogP contribution in [0.15, 0.2) is 76.9 Å². The predicted molar refractivity (Wildman–Crippen MR) is 131 cm³/mol. The van der Waals surface area contributed by atoms with Crippen LogP contribution in [0.3, 0.4) is 0 Å². The molecule has 0 unspecified atom stereocenters. The number of rotatable bonds is 10. The van der Waals surface area contributed by atoms with Gasteiger partial charge in [0.1, 0.15) is 5.82 Å². The Labute approximate surface area is 185 Å². The van der Waals surface area contributed by atoms with Crippen molar-refractivity contribution < 1.29 is 4.39 Å². The molecule has 0 saturated heterocycles. The van der Waals surface area contributed by atoms with Gasteiger partial charge in [0.05, 0.1) is 12.4 Å². The number of halogens is 1. The van der Waals surface area contributed by atoms with Crippen LogP contribution in [0.5, 0.6) is 0 Å². The highest BCUT2D eigenvalue weighted by Gasteiger charge is 2.06. The maximum atomic E-state index is 14.7. The molecule has 0 atom stereocenters. The van der Waals surface area contributed by atoms with E-state index in [1.165, 1.54) is 43.7 Å². The number of benzene rings is 3. The lowest BCUT2D eigenvalue weighted by molar-refractivity contribution is 0.630. The van der Waals surface area contributed by atoms with Crippen molar-refractivity contribution in [3.63, 3.8) is 0 Å². The Morgan fingerprint density at radius 2 is 1.55 bits per heavy atom. The molecule has 0 aliphatic heterocycles. The summed E-state index contributed by atoms with van der Waals surface area (Å²) in [5.41, 5.74) is 5.66. The fraction of sp³-hybridized carbons (Fsp3) is 0.286. The maximum absolute atomic E-state index is 14.7. The third-order valence-corrected chi connectivity index (χ3v) is 5.49. The van der Waals surface area contributed by atoms with Crippen LogP contribution in [0.2, 0.25) is 0 Å². The van der Waals surface area contributed by atoms with Crippen LogP contribution >= 0.6 is 0 Å². The van der Waals surface area contributed by atoms with Crippen molar-refractivity contribution in [2.75, 3.05) is 0 Å². The highest BCUT2D eigenvalue weighted by atomic mass is 19.1. The summed E-state index contributed by atoms with van der Waals surface area (Å²) in [5, 5.41) is 8.14. The van der Waals surface area contributed by atoms with Crippen molar-refractivity contribution in [3.8, 4) is 11.1 Å². The first kappa shape index (κ1) is 22.6. The van der Waals surface area contributed by atoms with Crippen LogP contribution in [0.4, 0.5) is 4.39 Å². The van der Waals surface area contributed by atoms with E-state index in [0.29, 0.717) is 11.1 Å². The molecule has 0 fully saturated rings. The van der Waals surface area contributed by atoms with Crippen LogP contribution < -0.4 is 0 Å². The van der Waals surface area contributed by atoms with Gasteiger partial charge >= 0.3 is 0 Å². The Morgan fingerprint density at radius 1 is 0.806 bits per heavy atom. The number of aryl methyl sites for hydroxylation is 2. The van der Waals surface area contributed by atoms with Gasteiger partial charge in [0, 0.05) is 5.56 Å². The van der Waals surface area contributed by atoms with E-state index >= 15 is 0 Å². The summed E-state index contributed by atoms with van der Waals surface area (Å²) < 4.78 is 14.7. The van der Waals surface area contributed by atoms with Crippen molar-refractivity contribution in [3.05, 3.63) is 94.8 Å². The van der Waals surface area contributed by atoms with E-state index in [-0.39, 0.29) is 5.82 Å². The fourth-order valence-corrected chi connectivity index (χ4v) is 3.56. The van der Waals surface area contributed by atoms with Crippen LogP contribution in [0, 0.1) is 12.7 Å². The lowest BCUT2D eigenvalue weighted by Crippen LogP contribution is -1.90. The van der Waals surface area contributed by atoms with Crippen LogP contribution in [-0.4, -0.2) is 12.4 Å². The molecule has 3 aromatic carbocycles. The molecule has 3 aromatic rings. The molecular formula is C28H31FN2. The second-order valence-corrected chi connectivity index (χ2v) is 7.95. The summed E-state index contributed by atoms with van der Waals surface area (Å²) in [5.74, 6) is -0.251. The van der Waals surface area contributed by atoms with Crippen molar-refractivity contribution >= 4 is 12.4 Å². The molecule has 3 rings (SSSR count). The summed E-state index contributed by atoms with van der Waals surface area (Å²) in [6.45, 7) is 4.26. The molecule has 0 aliphatic carbocycles. The summed E-state index contributed by atoms with van der Waals surface area (Å²) in [4.78, 5) is 0. The first-order chi connectivity index (χ1) is 15.2. The lowest BCUT2D eigenvalue weighted by atomic mass is 10.00. The molecule has 0 N–H and O–H groups in total. The van der Waals surface area contributed by atoms with Gasteiger partial charge in [-0.25, -0.2) is 4.39 Å². The Kier molecular flexibility index (Phi) is 8.71. The van der Waals surface area contributed by atoms with Crippen LogP contribution in [0.25, 0.3) is 11.1 Å². The molecule has 0 amide bonds. The van der Waals surface area contributed by atoms with Gasteiger partial charge in [-0.3, -0.25) is 0 Å². The van der Waals surface area contributed by atoms with Gasteiger partial charge in [0.25, 0.3) is 0 Å². The topological polar surface area (TPSA) is 24.7 Å². The quantitative estimate of drug-likeness (QED) is 0.184. The zero-order chi connectivity index (χ0) is 21.9. The maximum Gasteiger partial charge on any atom is 0.131 e. The molecule has 160 valence electrons. The molecule has 0 heterocycles. The SMILES string of the molecule is CCCCCCCc1ccc(-c2ccc(C=NN=Cc3ccccc3C)cc2F)cc1. The van der Waals surface area contributed by atoms with E-state index in [2.05, 4.69) is 29.3 Å². The minimum absolute atomic E-state index is 0.251. The second-order valence-electron chi connectivity index (χ2n) is 7.95. The van der Waals surface area contributed by atoms with E-state index in [0.717, 1.165) is 23.1 Å². The second kappa shape index (κ2) is 11.9. The van der Waals surface area contributed by atoms with E-state index in [9.17, 15) is 4.39 Å². The molecule has 0 bridgehead atoms. The predicted octanol–water partition coefficient (Wildman–Crippen LogP) is 7.77. The van der Waals surface area contributed by atoms with Crippen molar-refractivity contribution in [2.24, 2.45) is 10.2 Å². The summed E-state index contributed by atoms with van der Waals surface area (Å²) in [7, 11) is 0. The average Bonchev–Trinajstić information content (AvgIpc) is 2.78. The number of hydrogen-bond donors (Lipinski definition) is 0. The van der Waals surface area contributed by atoms with Gasteiger partial charge in [-0.1, -0.05) is 93.3 Å². The summed E-state index contributed by atoms with van der Waals surface area (Å²) in [6, 6.07) is 21.4. The molecule has 31 heavy (non-hydrogen) atoms. The number of unbranched alkanes of at least 4 members (excludes halogenated alkanes) is 4. The first-order valence-corrected chi connectivity index (χ1v) is 11.2. The zero-order valence-corrected chi connectivity index (χ0v) is 18.5. The first-order valence-electron chi connectivity index (χ1n) is 11.2. The average molecular weight is 415 g/mol. The van der Waals surface area contributed by atoms with E-state index < -0.39 is 0 Å². The van der Waals surface area contributed by atoms with Crippen LogP contribution in [0.1, 0.15) is 61.3 Å². The Morgan fingerprint density at radius 3 is 2.29 bits per heavy atom. The summed E-state index contributed by atoms with van der Waals surface area (Å²) >= 11 is 0. The highest BCUT2D eigenvalue weighted by Crippen LogP contribution is 2.24. The molecule has 0 aromatic heterocycles. The number of nitrogens with zero attached hydrogens (tertiary/aromatic N) is 2. The largest absolute Gasteiger partial charge is 0.206 e. The molecule has 0 aliphatic rings. The smallest absolute Gasteiger partial charge is 0.131 e. The van der Waals surface area contributed by atoms with Gasteiger partial charge in [0.15, 0.2) is 0 Å². The lowest BCUT2D eigenvalue weighted by Gasteiger charge is -2.07. The van der Waals surface area contributed by atoms with Gasteiger partial charge in [0.2, 0.25) is 0 Å².